The van der Waals surface area contributed by atoms with E-state index in [-0.39, 0.29) is 11.8 Å². The van der Waals surface area contributed by atoms with E-state index in [1.165, 1.54) is 4.90 Å². The predicted octanol–water partition coefficient (Wildman–Crippen LogP) is 2.92. The standard InChI is InChI=1S/C16H22N2O2/c17-12-16(9-3-1-2-4-10-16)18-13(19)11-15(14(18)20)7-5-6-8-15/h1-11H2. The molecule has 3 aliphatic rings. The first kappa shape index (κ1) is 13.6. The lowest BCUT2D eigenvalue weighted by atomic mass is 9.83. The maximum absolute atomic E-state index is 12.9. The van der Waals surface area contributed by atoms with Gasteiger partial charge in [-0.3, -0.25) is 14.5 Å². The van der Waals surface area contributed by atoms with Crippen molar-refractivity contribution in [2.45, 2.75) is 76.2 Å². The smallest absolute Gasteiger partial charge is 0.237 e. The minimum atomic E-state index is -0.850. The Labute approximate surface area is 120 Å². The van der Waals surface area contributed by atoms with Gasteiger partial charge in [0.2, 0.25) is 11.8 Å². The molecular formula is C16H22N2O2. The van der Waals surface area contributed by atoms with Crippen LogP contribution in [0.3, 0.4) is 0 Å². The highest BCUT2D eigenvalue weighted by Gasteiger charge is 2.58. The van der Waals surface area contributed by atoms with Crippen LogP contribution in [-0.4, -0.2) is 22.3 Å². The molecule has 2 amide bonds. The van der Waals surface area contributed by atoms with E-state index in [1.807, 2.05) is 0 Å². The molecule has 0 bridgehead atoms. The van der Waals surface area contributed by atoms with E-state index in [0.717, 1.165) is 51.4 Å². The first-order chi connectivity index (χ1) is 9.64. The fourth-order valence-electron chi connectivity index (χ4n) is 4.37. The van der Waals surface area contributed by atoms with Crippen LogP contribution in [-0.2, 0) is 9.59 Å². The lowest BCUT2D eigenvalue weighted by Gasteiger charge is -2.35. The number of nitrogens with zero attached hydrogens (tertiary/aromatic N) is 2. The monoisotopic (exact) mass is 274 g/mol. The largest absolute Gasteiger partial charge is 0.274 e. The molecule has 0 N–H and O–H groups in total. The van der Waals surface area contributed by atoms with Crippen molar-refractivity contribution in [1.29, 1.82) is 5.26 Å². The third kappa shape index (κ3) is 1.87. The summed E-state index contributed by atoms with van der Waals surface area (Å²) in [5.41, 5.74) is -1.30. The Morgan fingerprint density at radius 3 is 2.00 bits per heavy atom. The molecule has 0 radical (unpaired) electrons. The molecule has 1 aliphatic heterocycles. The minimum absolute atomic E-state index is 0.0385. The van der Waals surface area contributed by atoms with Gasteiger partial charge in [0.25, 0.3) is 0 Å². The number of likely N-dealkylation sites (tertiary alicyclic amines) is 1. The zero-order valence-electron chi connectivity index (χ0n) is 12.0. The Kier molecular flexibility index (Phi) is 3.32. The van der Waals surface area contributed by atoms with Gasteiger partial charge in [-0.25, -0.2) is 0 Å². The molecule has 20 heavy (non-hydrogen) atoms. The number of carbonyl (C=O) groups is 2. The Morgan fingerprint density at radius 2 is 1.45 bits per heavy atom. The summed E-state index contributed by atoms with van der Waals surface area (Å²) in [6.07, 6.45) is 9.48. The highest BCUT2D eigenvalue weighted by Crippen LogP contribution is 2.50. The quantitative estimate of drug-likeness (QED) is 0.545. The van der Waals surface area contributed by atoms with Crippen LogP contribution in [0.15, 0.2) is 0 Å². The number of amides is 2. The second-order valence-corrected chi connectivity index (χ2v) is 6.76. The van der Waals surface area contributed by atoms with Crippen molar-refractivity contribution in [1.82, 2.24) is 4.90 Å². The van der Waals surface area contributed by atoms with Gasteiger partial charge in [-0.1, -0.05) is 38.5 Å². The van der Waals surface area contributed by atoms with E-state index in [0.29, 0.717) is 19.3 Å². The first-order valence-corrected chi connectivity index (χ1v) is 7.92. The highest BCUT2D eigenvalue weighted by atomic mass is 16.2. The van der Waals surface area contributed by atoms with Gasteiger partial charge in [0.05, 0.1) is 11.5 Å². The molecule has 0 aromatic heterocycles. The van der Waals surface area contributed by atoms with E-state index in [4.69, 9.17) is 0 Å². The zero-order valence-corrected chi connectivity index (χ0v) is 12.0. The molecule has 0 aromatic rings. The molecule has 0 aromatic carbocycles. The molecule has 108 valence electrons. The summed E-state index contributed by atoms with van der Waals surface area (Å²) in [7, 11) is 0. The molecule has 4 nitrogen and oxygen atoms in total. The normalized spacial score (nSPS) is 28.6. The lowest BCUT2D eigenvalue weighted by molar-refractivity contribution is -0.147. The number of nitriles is 1. The van der Waals surface area contributed by atoms with Gasteiger partial charge in [-0.15, -0.1) is 0 Å². The van der Waals surface area contributed by atoms with Crippen LogP contribution < -0.4 is 0 Å². The summed E-state index contributed by atoms with van der Waals surface area (Å²) < 4.78 is 0. The van der Waals surface area contributed by atoms with Gasteiger partial charge in [0.15, 0.2) is 0 Å². The Balaban J connectivity index is 1.93. The fourth-order valence-corrected chi connectivity index (χ4v) is 4.37. The summed E-state index contributed by atoms with van der Waals surface area (Å²) >= 11 is 0. The predicted molar refractivity (Wildman–Crippen MR) is 73.4 cm³/mol. The Bertz CT molecular complexity index is 463. The fraction of sp³-hybridized carbons (Fsp3) is 0.812. The van der Waals surface area contributed by atoms with E-state index >= 15 is 0 Å². The number of carbonyl (C=O) groups excluding carboxylic acids is 2. The molecule has 0 atom stereocenters. The number of rotatable bonds is 1. The summed E-state index contributed by atoms with van der Waals surface area (Å²) in [5.74, 6) is -0.135. The van der Waals surface area contributed by atoms with Crippen molar-refractivity contribution in [3.05, 3.63) is 0 Å². The van der Waals surface area contributed by atoms with Crippen LogP contribution in [0.25, 0.3) is 0 Å². The van der Waals surface area contributed by atoms with Gasteiger partial charge in [-0.05, 0) is 25.7 Å². The molecule has 0 unspecified atom stereocenters. The van der Waals surface area contributed by atoms with E-state index in [9.17, 15) is 14.9 Å². The molecule has 3 rings (SSSR count). The Hall–Kier alpha value is -1.37. The molecule has 1 heterocycles. The van der Waals surface area contributed by atoms with Gasteiger partial charge in [0, 0.05) is 6.42 Å². The molecule has 2 aliphatic carbocycles. The van der Waals surface area contributed by atoms with Crippen LogP contribution in [0.1, 0.15) is 70.6 Å². The molecular weight excluding hydrogens is 252 g/mol. The van der Waals surface area contributed by atoms with E-state index in [1.54, 1.807) is 0 Å². The Morgan fingerprint density at radius 1 is 0.900 bits per heavy atom. The summed E-state index contributed by atoms with van der Waals surface area (Å²) in [4.78, 5) is 26.7. The summed E-state index contributed by atoms with van der Waals surface area (Å²) in [5, 5.41) is 9.70. The second-order valence-electron chi connectivity index (χ2n) is 6.76. The van der Waals surface area contributed by atoms with Crippen molar-refractivity contribution < 1.29 is 9.59 Å². The maximum atomic E-state index is 12.9. The maximum Gasteiger partial charge on any atom is 0.237 e. The van der Waals surface area contributed by atoms with Crippen molar-refractivity contribution in [2.75, 3.05) is 0 Å². The molecule has 2 saturated carbocycles. The van der Waals surface area contributed by atoms with Gasteiger partial charge < -0.3 is 0 Å². The topological polar surface area (TPSA) is 61.2 Å². The third-order valence-electron chi connectivity index (χ3n) is 5.52. The van der Waals surface area contributed by atoms with Gasteiger partial charge in [0.1, 0.15) is 5.54 Å². The number of hydrogen-bond donors (Lipinski definition) is 0. The van der Waals surface area contributed by atoms with Crippen molar-refractivity contribution in [2.24, 2.45) is 5.41 Å². The summed E-state index contributed by atoms with van der Waals surface area (Å²) in [6, 6.07) is 2.35. The van der Waals surface area contributed by atoms with Gasteiger partial charge in [-0.2, -0.15) is 5.26 Å². The molecule has 4 heteroatoms. The number of hydrogen-bond acceptors (Lipinski definition) is 3. The van der Waals surface area contributed by atoms with Crippen molar-refractivity contribution in [3.63, 3.8) is 0 Å². The summed E-state index contributed by atoms with van der Waals surface area (Å²) in [6.45, 7) is 0. The van der Waals surface area contributed by atoms with Crippen LogP contribution >= 0.6 is 0 Å². The van der Waals surface area contributed by atoms with E-state index in [2.05, 4.69) is 6.07 Å². The van der Waals surface area contributed by atoms with Crippen LogP contribution in [0, 0.1) is 16.7 Å². The SMILES string of the molecule is N#CC1(N2C(=O)CC3(CCCC3)C2=O)CCCCCC1. The minimum Gasteiger partial charge on any atom is -0.274 e. The molecule has 3 fully saturated rings. The first-order valence-electron chi connectivity index (χ1n) is 7.92. The average molecular weight is 274 g/mol. The van der Waals surface area contributed by atoms with Crippen LogP contribution in [0.5, 0.6) is 0 Å². The van der Waals surface area contributed by atoms with Crippen molar-refractivity contribution in [3.8, 4) is 6.07 Å². The second kappa shape index (κ2) is 4.87. The average Bonchev–Trinajstić information content (AvgIpc) is 2.90. The van der Waals surface area contributed by atoms with Gasteiger partial charge >= 0.3 is 0 Å². The lowest BCUT2D eigenvalue weighted by Crippen LogP contribution is -2.51. The molecule has 1 spiro atoms. The highest BCUT2D eigenvalue weighted by molar-refractivity contribution is 6.07. The van der Waals surface area contributed by atoms with Crippen molar-refractivity contribution >= 4 is 11.8 Å². The third-order valence-corrected chi connectivity index (χ3v) is 5.52. The van der Waals surface area contributed by atoms with E-state index < -0.39 is 11.0 Å². The number of imide groups is 1. The molecule has 1 saturated heterocycles. The zero-order chi connectivity index (χ0) is 14.2. The van der Waals surface area contributed by atoms with Crippen LogP contribution in [0.4, 0.5) is 0 Å². The van der Waals surface area contributed by atoms with Crippen LogP contribution in [0.2, 0.25) is 0 Å².